The van der Waals surface area contributed by atoms with Gasteiger partial charge >= 0.3 is 0 Å². The summed E-state index contributed by atoms with van der Waals surface area (Å²) in [6.45, 7) is 1.51. The van der Waals surface area contributed by atoms with E-state index in [0.717, 1.165) is 10.9 Å². The number of carbonyl (C=O) groups excluding carboxylic acids is 8. The third kappa shape index (κ3) is 18.3. The molecule has 0 aliphatic heterocycles. The van der Waals surface area contributed by atoms with E-state index in [1.165, 1.54) is 6.92 Å². The van der Waals surface area contributed by atoms with Gasteiger partial charge in [0.1, 0.15) is 42.3 Å². The van der Waals surface area contributed by atoms with Crippen LogP contribution in [0.3, 0.4) is 0 Å². The predicted molar refractivity (Wildman–Crippen MR) is 295 cm³/mol. The highest BCUT2D eigenvalue weighted by atomic mass is 32.1. The third-order valence-corrected chi connectivity index (χ3v) is 13.3. The average molecular weight is 1080 g/mol. The summed E-state index contributed by atoms with van der Waals surface area (Å²) in [4.78, 5) is 114. The summed E-state index contributed by atoms with van der Waals surface area (Å²) in [6.07, 6.45) is 0.791. The van der Waals surface area contributed by atoms with Crippen molar-refractivity contribution in [2.45, 2.75) is 106 Å². The van der Waals surface area contributed by atoms with Crippen molar-refractivity contribution in [1.82, 2.24) is 42.2 Å². The second kappa shape index (κ2) is 30.3. The Balaban J connectivity index is 1.44. The molecule has 1 aromatic heterocycles. The summed E-state index contributed by atoms with van der Waals surface area (Å²) < 4.78 is 0. The number of hydrogen-bond acceptors (Lipinski definition) is 13. The van der Waals surface area contributed by atoms with Crippen molar-refractivity contribution in [3.63, 3.8) is 0 Å². The summed E-state index contributed by atoms with van der Waals surface area (Å²) in [5.41, 5.74) is 20.7. The van der Waals surface area contributed by atoms with Gasteiger partial charge in [-0.05, 0) is 61.1 Å². The largest absolute Gasteiger partial charge is 0.391 e. The molecule has 0 saturated carbocycles. The van der Waals surface area contributed by atoms with E-state index < -0.39 is 102 Å². The van der Waals surface area contributed by atoms with Gasteiger partial charge in [0.15, 0.2) is 0 Å². The molecule has 5 rings (SSSR count). The van der Waals surface area contributed by atoms with Crippen molar-refractivity contribution in [3.8, 4) is 0 Å². The number of fused-ring (bicyclic) bond motifs is 1. The molecule has 0 unspecified atom stereocenters. The number of aromatic amines is 1. The van der Waals surface area contributed by atoms with E-state index in [4.69, 9.17) is 17.2 Å². The van der Waals surface area contributed by atoms with E-state index in [1.807, 2.05) is 24.3 Å². The minimum atomic E-state index is -1.67. The summed E-state index contributed by atoms with van der Waals surface area (Å²) in [5.74, 6) is -6.50. The number of aliphatic hydroxyl groups excluding tert-OH is 1. The molecule has 0 bridgehead atoms. The number of nitrogens with two attached hydrogens (primary N) is 3. The molecular formula is C54H69N11O9S2. The second-order valence-corrected chi connectivity index (χ2v) is 19.1. The number of hydrogen-bond donors (Lipinski definition) is 14. The van der Waals surface area contributed by atoms with Gasteiger partial charge < -0.3 is 64.5 Å². The Bertz CT molecular complexity index is 2720. The van der Waals surface area contributed by atoms with E-state index in [1.54, 1.807) is 97.2 Å². The van der Waals surface area contributed by atoms with Gasteiger partial charge in [-0.15, -0.1) is 0 Å². The molecule has 22 heteroatoms. The van der Waals surface area contributed by atoms with E-state index in [9.17, 15) is 43.5 Å². The molecule has 76 heavy (non-hydrogen) atoms. The maximum atomic E-state index is 14.8. The topological polar surface area (TPSA) is 335 Å². The molecule has 0 fully saturated rings. The zero-order valence-electron chi connectivity index (χ0n) is 42.2. The fraction of sp³-hybridized carbons (Fsp3) is 0.370. The Morgan fingerprint density at radius 3 is 1.37 bits per heavy atom. The van der Waals surface area contributed by atoms with E-state index in [0.29, 0.717) is 35.1 Å². The van der Waals surface area contributed by atoms with Crippen molar-refractivity contribution in [1.29, 1.82) is 0 Å². The first-order valence-electron chi connectivity index (χ1n) is 25.0. The van der Waals surface area contributed by atoms with Crippen LogP contribution in [0.5, 0.6) is 0 Å². The van der Waals surface area contributed by atoms with Gasteiger partial charge in [0.2, 0.25) is 47.3 Å². The van der Waals surface area contributed by atoms with Crippen molar-refractivity contribution < 1.29 is 43.5 Å². The predicted octanol–water partition coefficient (Wildman–Crippen LogP) is 0.0141. The van der Waals surface area contributed by atoms with Gasteiger partial charge in [-0.1, -0.05) is 109 Å². The van der Waals surface area contributed by atoms with Crippen LogP contribution in [0.2, 0.25) is 0 Å². The van der Waals surface area contributed by atoms with E-state index in [-0.39, 0.29) is 50.2 Å². The summed E-state index contributed by atoms with van der Waals surface area (Å²) in [6, 6.07) is 23.4. The van der Waals surface area contributed by atoms with Crippen molar-refractivity contribution >= 4 is 83.4 Å². The quantitative estimate of drug-likeness (QED) is 0.0215. The van der Waals surface area contributed by atoms with Crippen molar-refractivity contribution in [3.05, 3.63) is 144 Å². The van der Waals surface area contributed by atoms with Gasteiger partial charge in [0.05, 0.1) is 12.1 Å². The third-order valence-electron chi connectivity index (χ3n) is 12.5. The number of H-pyrrole nitrogens is 1. The number of amides is 8. The molecular weight excluding hydrogens is 1010 g/mol. The molecule has 1 heterocycles. The molecule has 0 saturated heterocycles. The number of thiol groups is 2. The number of aliphatic hydroxyl groups is 1. The molecule has 0 radical (unpaired) electrons. The Hall–Kier alpha value is -7.24. The van der Waals surface area contributed by atoms with E-state index in [2.05, 4.69) is 67.5 Å². The lowest BCUT2D eigenvalue weighted by atomic mass is 10.00. The number of unbranched alkanes of at least 4 members (excludes halogenated alkanes) is 1. The molecule has 9 atom stereocenters. The number of primary amides is 1. The van der Waals surface area contributed by atoms with Crippen LogP contribution in [-0.4, -0.2) is 130 Å². The number of para-hydroxylation sites is 1. The zero-order chi connectivity index (χ0) is 55.1. The number of nitrogens with one attached hydrogen (secondary N) is 8. The van der Waals surface area contributed by atoms with Gasteiger partial charge in [0, 0.05) is 54.3 Å². The second-order valence-electron chi connectivity index (χ2n) is 18.4. The van der Waals surface area contributed by atoms with Gasteiger partial charge in [-0.2, -0.15) is 25.3 Å². The molecule has 406 valence electrons. The Morgan fingerprint density at radius 1 is 0.513 bits per heavy atom. The van der Waals surface area contributed by atoms with Crippen LogP contribution in [0.4, 0.5) is 0 Å². The molecule has 15 N–H and O–H groups in total. The van der Waals surface area contributed by atoms with Crippen LogP contribution in [0.1, 0.15) is 48.4 Å². The fourth-order valence-electron chi connectivity index (χ4n) is 8.25. The molecule has 5 aromatic rings. The highest BCUT2D eigenvalue weighted by Crippen LogP contribution is 2.20. The first-order valence-corrected chi connectivity index (χ1v) is 26.2. The smallest absolute Gasteiger partial charge is 0.245 e. The van der Waals surface area contributed by atoms with Gasteiger partial charge in [-0.3, -0.25) is 38.4 Å². The lowest BCUT2D eigenvalue weighted by Crippen LogP contribution is -2.62. The molecule has 0 aliphatic carbocycles. The standard InChI is InChI=1S/C54H69N11O9S2/c1-32(66)46(54(74)63-43(27-35-19-9-4-10-20-35)52(72)64-45(31-76)47(57)67)65-49(69)40(23-13-14-24-55)59-53(73)44(28-36-29-58-39-22-12-11-21-37(36)39)62-51(71)42(26-34-17-7-3-8-18-34)61-50(70)41(60-48(68)38(56)30-75)25-33-15-5-2-6-16-33/h2-12,15-22,29,32,38,40-46,58,66,75-76H,13-14,23-28,30-31,55-56H2,1H3,(H2,57,67)(H,59,73)(H,60,68)(H,61,70)(H,62,71)(H,63,74)(H,64,72)(H,65,69)/t32-,38-,40+,41+,42+,43+,44-,45-,46+/m1/s1. The first kappa shape index (κ1) is 59.6. The number of rotatable bonds is 30. The Kier molecular flexibility index (Phi) is 23.8. The number of carbonyl (C=O) groups is 8. The Morgan fingerprint density at radius 2 is 0.921 bits per heavy atom. The maximum absolute atomic E-state index is 14.8. The van der Waals surface area contributed by atoms with Gasteiger partial charge in [0.25, 0.3) is 0 Å². The zero-order valence-corrected chi connectivity index (χ0v) is 43.9. The highest BCUT2D eigenvalue weighted by molar-refractivity contribution is 7.80. The van der Waals surface area contributed by atoms with Crippen LogP contribution >= 0.6 is 25.3 Å². The van der Waals surface area contributed by atoms with Crippen LogP contribution in [-0.2, 0) is 64.0 Å². The maximum Gasteiger partial charge on any atom is 0.245 e. The molecule has 20 nitrogen and oxygen atoms in total. The molecule has 0 spiro atoms. The minimum Gasteiger partial charge on any atom is -0.391 e. The molecule has 8 amide bonds. The number of aromatic nitrogens is 1. The van der Waals surface area contributed by atoms with Crippen LogP contribution in [0, 0.1) is 0 Å². The van der Waals surface area contributed by atoms with Crippen LogP contribution in [0.15, 0.2) is 121 Å². The lowest BCUT2D eigenvalue weighted by molar-refractivity contribution is -0.137. The fourth-order valence-corrected chi connectivity index (χ4v) is 8.68. The monoisotopic (exact) mass is 1080 g/mol. The van der Waals surface area contributed by atoms with Crippen molar-refractivity contribution in [2.24, 2.45) is 17.2 Å². The molecule has 4 aromatic carbocycles. The lowest BCUT2D eigenvalue weighted by Gasteiger charge is -2.29. The SMILES string of the molecule is C[C@@H](O)[C@H](NC(=O)[C@H](CCCCN)NC(=O)[C@@H](Cc1c[nH]c2ccccc12)NC(=O)[C@H](Cc1ccccc1)NC(=O)[C@H](Cc1ccccc1)NC(=O)[C@H](N)CS)C(=O)N[C@@H](Cc1ccccc1)C(=O)N[C@H](CS)C(N)=O. The molecule has 0 aliphatic rings. The summed E-state index contributed by atoms with van der Waals surface area (Å²) >= 11 is 8.25. The van der Waals surface area contributed by atoms with Crippen LogP contribution < -0.4 is 54.4 Å². The summed E-state index contributed by atoms with van der Waals surface area (Å²) in [7, 11) is 0. The Labute approximate surface area is 452 Å². The van der Waals surface area contributed by atoms with Crippen molar-refractivity contribution in [2.75, 3.05) is 18.1 Å². The van der Waals surface area contributed by atoms with Gasteiger partial charge in [-0.25, -0.2) is 0 Å². The summed E-state index contributed by atoms with van der Waals surface area (Å²) in [5, 5.41) is 30.5. The first-order chi connectivity index (χ1) is 36.5. The minimum absolute atomic E-state index is 0.00444. The van der Waals surface area contributed by atoms with Crippen LogP contribution in [0.25, 0.3) is 10.9 Å². The van der Waals surface area contributed by atoms with E-state index >= 15 is 0 Å². The average Bonchev–Trinajstić information content (AvgIpc) is 3.83. The normalized spacial score (nSPS) is 14.7. The highest BCUT2D eigenvalue weighted by Gasteiger charge is 2.36. The number of benzene rings is 4.